The molecule has 2 unspecified atom stereocenters. The zero-order valence-corrected chi connectivity index (χ0v) is 13.0. The summed E-state index contributed by atoms with van der Waals surface area (Å²) in [6.07, 6.45) is 3.90. The van der Waals surface area contributed by atoms with Crippen LogP contribution >= 0.6 is 23.4 Å². The number of aromatic amines is 1. The van der Waals surface area contributed by atoms with E-state index in [0.717, 1.165) is 35.6 Å². The van der Waals surface area contributed by atoms with Crippen molar-refractivity contribution < 1.29 is 4.79 Å². The lowest BCUT2D eigenvalue weighted by Gasteiger charge is -2.12. The van der Waals surface area contributed by atoms with E-state index in [1.807, 2.05) is 17.8 Å². The van der Waals surface area contributed by atoms with Gasteiger partial charge >= 0.3 is 0 Å². The molecule has 2 aromatic rings. The highest BCUT2D eigenvalue weighted by Crippen LogP contribution is 2.42. The van der Waals surface area contributed by atoms with Crippen LogP contribution in [0.3, 0.4) is 0 Å². The molecule has 1 aliphatic carbocycles. The Morgan fingerprint density at radius 3 is 2.86 bits per heavy atom. The maximum atomic E-state index is 12.4. The highest BCUT2D eigenvalue weighted by Gasteiger charge is 2.38. The summed E-state index contributed by atoms with van der Waals surface area (Å²) in [5.41, 5.74) is 1.42. The fourth-order valence-electron chi connectivity index (χ4n) is 3.50. The Labute approximate surface area is 132 Å². The van der Waals surface area contributed by atoms with Crippen LogP contribution in [0.1, 0.15) is 23.3 Å². The smallest absolute Gasteiger partial charge is 0.267 e. The van der Waals surface area contributed by atoms with E-state index < -0.39 is 0 Å². The molecule has 0 bridgehead atoms. The van der Waals surface area contributed by atoms with Crippen molar-refractivity contribution in [3.05, 3.63) is 29.2 Å². The number of thioether (sulfide) groups is 1. The molecular weight excluding hydrogens is 306 g/mol. The van der Waals surface area contributed by atoms with Crippen LogP contribution in [0.15, 0.2) is 18.3 Å². The van der Waals surface area contributed by atoms with Gasteiger partial charge in [0, 0.05) is 11.4 Å². The molecule has 2 atom stereocenters. The second-order valence-electron chi connectivity index (χ2n) is 5.98. The number of halogens is 1. The molecule has 2 N–H and O–H groups in total. The van der Waals surface area contributed by atoms with Crippen molar-refractivity contribution in [3.63, 3.8) is 0 Å². The van der Waals surface area contributed by atoms with Gasteiger partial charge in [0.25, 0.3) is 5.91 Å². The van der Waals surface area contributed by atoms with Crippen molar-refractivity contribution in [2.24, 2.45) is 11.8 Å². The summed E-state index contributed by atoms with van der Waals surface area (Å²) in [5, 5.41) is 4.52. The summed E-state index contributed by atoms with van der Waals surface area (Å²) >= 11 is 7.92. The first-order chi connectivity index (χ1) is 10.2. The molecule has 2 aliphatic rings. The Bertz CT molecular complexity index is 689. The number of amides is 1. The zero-order valence-electron chi connectivity index (χ0n) is 11.4. The topological polar surface area (TPSA) is 57.8 Å². The molecule has 6 heteroatoms. The van der Waals surface area contributed by atoms with E-state index in [0.29, 0.717) is 16.9 Å². The minimum Gasteiger partial charge on any atom is -0.349 e. The van der Waals surface area contributed by atoms with Crippen molar-refractivity contribution >= 4 is 40.2 Å². The fourth-order valence-corrected chi connectivity index (χ4v) is 5.22. The SMILES string of the molecule is O=C(NC1CC2CSCC2C1)c1cc2cc(Cl)ncc2[nH]1. The van der Waals surface area contributed by atoms with Gasteiger partial charge < -0.3 is 10.3 Å². The van der Waals surface area contributed by atoms with Gasteiger partial charge in [-0.05, 0) is 48.3 Å². The standard InChI is InChI=1S/C15H16ClN3OS/c16-14-4-8-3-12(19-13(8)5-17-14)15(20)18-11-1-9-6-21-7-10(9)2-11/h3-5,9-11,19H,1-2,6-7H2,(H,18,20). The van der Waals surface area contributed by atoms with Crippen LogP contribution in [-0.4, -0.2) is 33.4 Å². The summed E-state index contributed by atoms with van der Waals surface area (Å²) in [6, 6.07) is 3.92. The van der Waals surface area contributed by atoms with Gasteiger partial charge in [0.1, 0.15) is 10.8 Å². The number of nitrogens with one attached hydrogen (secondary N) is 2. The normalized spacial score (nSPS) is 28.0. The molecule has 1 saturated carbocycles. The van der Waals surface area contributed by atoms with Gasteiger partial charge in [-0.2, -0.15) is 11.8 Å². The Morgan fingerprint density at radius 2 is 2.10 bits per heavy atom. The first-order valence-electron chi connectivity index (χ1n) is 7.22. The molecule has 4 rings (SSSR count). The predicted molar refractivity (Wildman–Crippen MR) is 85.9 cm³/mol. The van der Waals surface area contributed by atoms with Gasteiger partial charge in [0.15, 0.2) is 0 Å². The monoisotopic (exact) mass is 321 g/mol. The van der Waals surface area contributed by atoms with Crippen LogP contribution in [0.25, 0.3) is 10.9 Å². The lowest BCUT2D eigenvalue weighted by atomic mass is 10.0. The summed E-state index contributed by atoms with van der Waals surface area (Å²) in [6.45, 7) is 0. The van der Waals surface area contributed by atoms with Gasteiger partial charge in [0.05, 0.1) is 11.7 Å². The molecule has 0 radical (unpaired) electrons. The van der Waals surface area contributed by atoms with Gasteiger partial charge in [-0.3, -0.25) is 4.79 Å². The number of hydrogen-bond acceptors (Lipinski definition) is 3. The number of rotatable bonds is 2. The van der Waals surface area contributed by atoms with Crippen LogP contribution in [-0.2, 0) is 0 Å². The lowest BCUT2D eigenvalue weighted by Crippen LogP contribution is -2.33. The molecule has 0 spiro atoms. The maximum absolute atomic E-state index is 12.4. The van der Waals surface area contributed by atoms with Crippen LogP contribution < -0.4 is 5.32 Å². The Balaban J connectivity index is 1.49. The van der Waals surface area contributed by atoms with Crippen molar-refractivity contribution in [2.45, 2.75) is 18.9 Å². The molecule has 3 heterocycles. The second-order valence-corrected chi connectivity index (χ2v) is 7.44. The molecule has 110 valence electrons. The fraction of sp³-hybridized carbons (Fsp3) is 0.467. The van der Waals surface area contributed by atoms with Crippen molar-refractivity contribution in [3.8, 4) is 0 Å². The van der Waals surface area contributed by atoms with Crippen LogP contribution in [0.4, 0.5) is 0 Å². The predicted octanol–water partition coefficient (Wildman–Crippen LogP) is 3.09. The average Bonchev–Trinajstić information content (AvgIpc) is 3.10. The quantitative estimate of drug-likeness (QED) is 0.836. The number of nitrogens with zero attached hydrogens (tertiary/aromatic N) is 1. The number of carbonyl (C=O) groups excluding carboxylic acids is 1. The molecular formula is C15H16ClN3OS. The van der Waals surface area contributed by atoms with Crippen LogP contribution in [0.2, 0.25) is 5.15 Å². The number of pyridine rings is 1. The Hall–Kier alpha value is -1.20. The summed E-state index contributed by atoms with van der Waals surface area (Å²) < 4.78 is 0. The highest BCUT2D eigenvalue weighted by molar-refractivity contribution is 7.99. The Kier molecular flexibility index (Phi) is 3.34. The number of H-pyrrole nitrogens is 1. The van der Waals surface area contributed by atoms with Gasteiger partial charge in [0.2, 0.25) is 0 Å². The van der Waals surface area contributed by atoms with E-state index in [4.69, 9.17) is 11.6 Å². The molecule has 21 heavy (non-hydrogen) atoms. The van der Waals surface area contributed by atoms with E-state index in [2.05, 4.69) is 15.3 Å². The summed E-state index contributed by atoms with van der Waals surface area (Å²) in [7, 11) is 0. The van der Waals surface area contributed by atoms with E-state index in [-0.39, 0.29) is 5.91 Å². The number of aromatic nitrogens is 2. The molecule has 2 aromatic heterocycles. The Morgan fingerprint density at radius 1 is 1.33 bits per heavy atom. The van der Waals surface area contributed by atoms with E-state index in [1.54, 1.807) is 12.3 Å². The van der Waals surface area contributed by atoms with Crippen LogP contribution in [0.5, 0.6) is 0 Å². The van der Waals surface area contributed by atoms with Crippen molar-refractivity contribution in [1.29, 1.82) is 0 Å². The molecule has 1 aliphatic heterocycles. The van der Waals surface area contributed by atoms with E-state index in [9.17, 15) is 4.79 Å². The van der Waals surface area contributed by atoms with Crippen LogP contribution in [0, 0.1) is 11.8 Å². The minimum absolute atomic E-state index is 0.0278. The average molecular weight is 322 g/mol. The van der Waals surface area contributed by atoms with Crippen molar-refractivity contribution in [2.75, 3.05) is 11.5 Å². The number of hydrogen-bond donors (Lipinski definition) is 2. The third-order valence-corrected chi connectivity index (χ3v) is 6.09. The van der Waals surface area contributed by atoms with E-state index >= 15 is 0 Å². The minimum atomic E-state index is -0.0278. The second kappa shape index (κ2) is 5.21. The number of fused-ring (bicyclic) bond motifs is 2. The molecule has 4 nitrogen and oxygen atoms in total. The molecule has 1 amide bonds. The first kappa shape index (κ1) is 13.5. The highest BCUT2D eigenvalue weighted by atomic mass is 35.5. The summed E-state index contributed by atoms with van der Waals surface area (Å²) in [4.78, 5) is 19.5. The summed E-state index contributed by atoms with van der Waals surface area (Å²) in [5.74, 6) is 4.08. The van der Waals surface area contributed by atoms with Gasteiger partial charge in [-0.1, -0.05) is 11.6 Å². The number of carbonyl (C=O) groups is 1. The lowest BCUT2D eigenvalue weighted by molar-refractivity contribution is 0.0932. The maximum Gasteiger partial charge on any atom is 0.267 e. The first-order valence-corrected chi connectivity index (χ1v) is 8.75. The zero-order chi connectivity index (χ0) is 14.4. The molecule has 2 fully saturated rings. The van der Waals surface area contributed by atoms with Crippen molar-refractivity contribution in [1.82, 2.24) is 15.3 Å². The third kappa shape index (κ3) is 2.53. The van der Waals surface area contributed by atoms with E-state index in [1.165, 1.54) is 11.5 Å². The largest absolute Gasteiger partial charge is 0.349 e. The van der Waals surface area contributed by atoms with Gasteiger partial charge in [-0.15, -0.1) is 0 Å². The molecule has 1 saturated heterocycles. The third-order valence-electron chi connectivity index (χ3n) is 4.56. The molecule has 0 aromatic carbocycles. The van der Waals surface area contributed by atoms with Gasteiger partial charge in [-0.25, -0.2) is 4.98 Å².